The molecule has 3 nitrogen and oxygen atoms in total. The highest BCUT2D eigenvalue weighted by Gasteiger charge is 2.28. The van der Waals surface area contributed by atoms with Crippen LogP contribution in [0.15, 0.2) is 0 Å². The van der Waals surface area contributed by atoms with E-state index in [2.05, 4.69) is 0 Å². The van der Waals surface area contributed by atoms with Gasteiger partial charge in [0.1, 0.15) is 5.56 Å². The number of nitrogens with two attached hydrogens (primary N) is 1. The molecule has 0 bridgehead atoms. The molecule has 3 N–H and O–H groups in total. The maximum absolute atomic E-state index is 13.3. The predicted octanol–water partition coefficient (Wildman–Crippen LogP) is 1.83. The number of hydrogen-bond donors (Lipinski definition) is 2. The molecule has 1 aromatic carbocycles. The number of hydrogen-bond acceptors (Lipinski definition) is 2. The molecule has 0 fully saturated rings. The van der Waals surface area contributed by atoms with Gasteiger partial charge in [-0.3, -0.25) is 0 Å². The molecule has 0 unspecified atom stereocenters. The molecule has 0 saturated carbocycles. The van der Waals surface area contributed by atoms with Gasteiger partial charge < -0.3 is 10.8 Å². The number of carbonyl (C=O) groups is 1. The Labute approximate surface area is 93.8 Å². The lowest BCUT2D eigenvalue weighted by molar-refractivity contribution is 0.0683. The fraction of sp³-hybridized carbons (Fsp3) is 0.300. The van der Waals surface area contributed by atoms with Crippen molar-refractivity contribution in [1.29, 1.82) is 0 Å². The van der Waals surface area contributed by atoms with Crippen LogP contribution in [0.5, 0.6) is 0 Å². The van der Waals surface area contributed by atoms with Gasteiger partial charge in [0, 0.05) is 5.56 Å². The van der Waals surface area contributed by atoms with E-state index in [0.29, 0.717) is 0 Å². The van der Waals surface area contributed by atoms with Gasteiger partial charge >= 0.3 is 5.97 Å². The number of aromatic carboxylic acids is 1. The first kappa shape index (κ1) is 13.4. The quantitative estimate of drug-likeness (QED) is 0.634. The molecule has 0 amide bonds. The normalized spacial score (nSPS) is 10.6. The van der Waals surface area contributed by atoms with Crippen molar-refractivity contribution in [3.05, 3.63) is 34.4 Å². The van der Waals surface area contributed by atoms with E-state index in [9.17, 15) is 22.4 Å². The predicted molar refractivity (Wildman–Crippen MR) is 50.6 cm³/mol. The van der Waals surface area contributed by atoms with E-state index in [-0.39, 0.29) is 19.4 Å². The van der Waals surface area contributed by atoms with Crippen LogP contribution in [-0.2, 0) is 6.42 Å². The Morgan fingerprint density at radius 3 is 1.88 bits per heavy atom. The van der Waals surface area contributed by atoms with Crippen molar-refractivity contribution < 1.29 is 27.5 Å². The summed E-state index contributed by atoms with van der Waals surface area (Å²) in [5.41, 5.74) is 2.65. The molecular formula is C10H9F4NO2. The molecule has 0 spiro atoms. The topological polar surface area (TPSA) is 63.3 Å². The van der Waals surface area contributed by atoms with Crippen LogP contribution < -0.4 is 5.73 Å². The molecule has 17 heavy (non-hydrogen) atoms. The Kier molecular flexibility index (Phi) is 4.06. The molecule has 0 aromatic heterocycles. The standard InChI is InChI=1S/C10H9F4NO2/c11-6-4(2-1-3-15)7(12)9(14)5(8(6)13)10(16)17/h1-3,15H2,(H,16,17). The van der Waals surface area contributed by atoms with Gasteiger partial charge in [-0.05, 0) is 19.4 Å². The van der Waals surface area contributed by atoms with Gasteiger partial charge in [-0.25, -0.2) is 22.4 Å². The summed E-state index contributed by atoms with van der Waals surface area (Å²) < 4.78 is 53.0. The fourth-order valence-corrected chi connectivity index (χ4v) is 1.36. The summed E-state index contributed by atoms with van der Waals surface area (Å²) in [6, 6.07) is 0. The Morgan fingerprint density at radius 2 is 1.53 bits per heavy atom. The zero-order valence-corrected chi connectivity index (χ0v) is 8.57. The third kappa shape index (κ3) is 2.38. The second-order valence-corrected chi connectivity index (χ2v) is 3.31. The van der Waals surface area contributed by atoms with Gasteiger partial charge in [0.25, 0.3) is 0 Å². The monoisotopic (exact) mass is 251 g/mol. The van der Waals surface area contributed by atoms with Crippen molar-refractivity contribution in [3.8, 4) is 0 Å². The van der Waals surface area contributed by atoms with Crippen molar-refractivity contribution in [1.82, 2.24) is 0 Å². The van der Waals surface area contributed by atoms with Gasteiger partial charge in [-0.2, -0.15) is 0 Å². The molecule has 1 aromatic rings. The van der Waals surface area contributed by atoms with E-state index < -0.39 is 40.4 Å². The summed E-state index contributed by atoms with van der Waals surface area (Å²) in [5, 5.41) is 8.43. The molecule has 0 aliphatic carbocycles. The van der Waals surface area contributed by atoms with Crippen LogP contribution >= 0.6 is 0 Å². The van der Waals surface area contributed by atoms with Crippen molar-refractivity contribution >= 4 is 5.97 Å². The summed E-state index contributed by atoms with van der Waals surface area (Å²) >= 11 is 0. The van der Waals surface area contributed by atoms with E-state index in [0.717, 1.165) is 0 Å². The van der Waals surface area contributed by atoms with Crippen LogP contribution in [0.3, 0.4) is 0 Å². The lowest BCUT2D eigenvalue weighted by Gasteiger charge is -2.09. The minimum absolute atomic E-state index is 0.0861. The number of halogens is 4. The first-order valence-electron chi connectivity index (χ1n) is 4.70. The van der Waals surface area contributed by atoms with E-state index in [1.165, 1.54) is 0 Å². The summed E-state index contributed by atoms with van der Waals surface area (Å²) in [6.07, 6.45) is -0.180. The van der Waals surface area contributed by atoms with Crippen molar-refractivity contribution in [2.45, 2.75) is 12.8 Å². The van der Waals surface area contributed by atoms with Gasteiger partial charge in [0.2, 0.25) is 0 Å². The number of carboxylic acids is 1. The molecule has 1 rings (SSSR count). The first-order valence-corrected chi connectivity index (χ1v) is 4.70. The van der Waals surface area contributed by atoms with Gasteiger partial charge in [-0.15, -0.1) is 0 Å². The lowest BCUT2D eigenvalue weighted by atomic mass is 10.0. The zero-order valence-electron chi connectivity index (χ0n) is 8.57. The summed E-state index contributed by atoms with van der Waals surface area (Å²) in [5.74, 6) is -9.24. The highest BCUT2D eigenvalue weighted by molar-refractivity contribution is 5.88. The number of rotatable bonds is 4. The number of carboxylic acid groups (broad SMARTS) is 1. The Balaban J connectivity index is 3.41. The Hall–Kier alpha value is -1.63. The van der Waals surface area contributed by atoms with Crippen LogP contribution in [0.25, 0.3) is 0 Å². The summed E-state index contributed by atoms with van der Waals surface area (Å²) in [4.78, 5) is 10.4. The molecule has 0 aliphatic heterocycles. The molecule has 0 atom stereocenters. The third-order valence-electron chi connectivity index (χ3n) is 2.20. The van der Waals surface area contributed by atoms with Crippen LogP contribution in [-0.4, -0.2) is 17.6 Å². The van der Waals surface area contributed by atoms with Crippen molar-refractivity contribution in [2.75, 3.05) is 6.54 Å². The van der Waals surface area contributed by atoms with Gasteiger partial charge in [0.15, 0.2) is 23.3 Å². The first-order chi connectivity index (χ1) is 7.91. The summed E-state index contributed by atoms with van der Waals surface area (Å²) in [6.45, 7) is 0.0861. The van der Waals surface area contributed by atoms with E-state index in [1.54, 1.807) is 0 Å². The number of benzene rings is 1. The van der Waals surface area contributed by atoms with E-state index in [1.807, 2.05) is 0 Å². The van der Waals surface area contributed by atoms with E-state index >= 15 is 0 Å². The molecule has 0 aliphatic rings. The molecular weight excluding hydrogens is 242 g/mol. The fourth-order valence-electron chi connectivity index (χ4n) is 1.36. The minimum atomic E-state index is -2.07. The van der Waals surface area contributed by atoms with Crippen molar-refractivity contribution in [2.24, 2.45) is 5.73 Å². The average Bonchev–Trinajstić information content (AvgIpc) is 2.26. The third-order valence-corrected chi connectivity index (χ3v) is 2.20. The molecule has 0 saturated heterocycles. The maximum Gasteiger partial charge on any atom is 0.341 e. The van der Waals surface area contributed by atoms with Crippen molar-refractivity contribution in [3.63, 3.8) is 0 Å². The van der Waals surface area contributed by atoms with Crippen LogP contribution in [0.1, 0.15) is 22.3 Å². The smallest absolute Gasteiger partial charge is 0.341 e. The largest absolute Gasteiger partial charge is 0.477 e. The Morgan fingerprint density at radius 1 is 1.06 bits per heavy atom. The summed E-state index contributed by atoms with van der Waals surface area (Å²) in [7, 11) is 0. The molecule has 0 heterocycles. The highest BCUT2D eigenvalue weighted by Crippen LogP contribution is 2.25. The van der Waals surface area contributed by atoms with Crippen LogP contribution in [0.2, 0.25) is 0 Å². The zero-order chi connectivity index (χ0) is 13.2. The molecule has 94 valence electrons. The Bertz CT molecular complexity index is 433. The maximum atomic E-state index is 13.3. The molecule has 7 heteroatoms. The van der Waals surface area contributed by atoms with Gasteiger partial charge in [0.05, 0.1) is 0 Å². The van der Waals surface area contributed by atoms with Gasteiger partial charge in [-0.1, -0.05) is 0 Å². The highest BCUT2D eigenvalue weighted by atomic mass is 19.2. The average molecular weight is 251 g/mol. The SMILES string of the molecule is NCCCc1c(F)c(F)c(C(=O)O)c(F)c1F. The lowest BCUT2D eigenvalue weighted by Crippen LogP contribution is -2.14. The second-order valence-electron chi connectivity index (χ2n) is 3.31. The minimum Gasteiger partial charge on any atom is -0.477 e. The van der Waals surface area contributed by atoms with Crippen LogP contribution in [0, 0.1) is 23.3 Å². The second kappa shape index (κ2) is 5.13. The van der Waals surface area contributed by atoms with Crippen LogP contribution in [0.4, 0.5) is 17.6 Å². The van der Waals surface area contributed by atoms with E-state index in [4.69, 9.17) is 10.8 Å². The molecule has 0 radical (unpaired) electrons.